The predicted molar refractivity (Wildman–Crippen MR) is 170 cm³/mol. The fourth-order valence-corrected chi connectivity index (χ4v) is 4.86. The van der Waals surface area contributed by atoms with Crippen molar-refractivity contribution in [2.45, 2.75) is 78.1 Å². The van der Waals surface area contributed by atoms with Gasteiger partial charge in [0.15, 0.2) is 0 Å². The van der Waals surface area contributed by atoms with Crippen molar-refractivity contribution in [3.63, 3.8) is 0 Å². The maximum Gasteiger partial charge on any atom is 0.239 e. The Bertz CT molecular complexity index is 1270. The van der Waals surface area contributed by atoms with Crippen LogP contribution in [0, 0.1) is 0 Å². The Kier molecular flexibility index (Phi) is 11.4. The number of unbranched alkanes of at least 4 members (excludes halogenated alkanes) is 6. The lowest BCUT2D eigenvalue weighted by Gasteiger charge is -2.24. The van der Waals surface area contributed by atoms with Crippen molar-refractivity contribution in [1.29, 1.82) is 0 Å². The lowest BCUT2D eigenvalue weighted by atomic mass is 10.0. The molecule has 0 atom stereocenters. The average Bonchev–Trinajstić information content (AvgIpc) is 2.99. The fourth-order valence-electron chi connectivity index (χ4n) is 4.86. The quantitative estimate of drug-likeness (QED) is 0.140. The predicted octanol–water partition coefficient (Wildman–Crippen LogP) is 9.58. The molecule has 216 valence electrons. The van der Waals surface area contributed by atoms with E-state index in [2.05, 4.69) is 67.4 Å². The van der Waals surface area contributed by atoms with E-state index in [0.717, 1.165) is 30.0 Å². The zero-order valence-electron chi connectivity index (χ0n) is 24.8. The lowest BCUT2D eigenvalue weighted by Crippen LogP contribution is -2.14. The monoisotopic (exact) mass is 552 g/mol. The molecule has 0 radical (unpaired) electrons. The molecule has 0 fully saturated rings. The molecule has 1 aromatic heterocycles. The van der Waals surface area contributed by atoms with Crippen molar-refractivity contribution >= 4 is 23.1 Å². The summed E-state index contributed by atoms with van der Waals surface area (Å²) >= 11 is 0. The number of nitrogen functional groups attached to an aromatic ring is 1. The number of ether oxygens (including phenoxy) is 2. The summed E-state index contributed by atoms with van der Waals surface area (Å²) in [7, 11) is 1.64. The van der Waals surface area contributed by atoms with Crippen molar-refractivity contribution in [3.8, 4) is 17.4 Å². The van der Waals surface area contributed by atoms with E-state index < -0.39 is 0 Å². The molecule has 2 N–H and O–H groups in total. The van der Waals surface area contributed by atoms with Crippen LogP contribution in [-0.2, 0) is 12.8 Å². The minimum atomic E-state index is 0.337. The molecule has 0 aliphatic carbocycles. The van der Waals surface area contributed by atoms with Crippen molar-refractivity contribution < 1.29 is 9.47 Å². The van der Waals surface area contributed by atoms with Gasteiger partial charge in [0, 0.05) is 17.4 Å². The summed E-state index contributed by atoms with van der Waals surface area (Å²) in [5.41, 5.74) is 10.9. The third-order valence-corrected chi connectivity index (χ3v) is 7.22. The van der Waals surface area contributed by atoms with Crippen LogP contribution in [0.4, 0.5) is 23.1 Å². The van der Waals surface area contributed by atoms with Crippen molar-refractivity contribution in [2.24, 2.45) is 0 Å². The first-order valence-corrected chi connectivity index (χ1v) is 15.0. The van der Waals surface area contributed by atoms with Gasteiger partial charge in [-0.15, -0.1) is 0 Å². The molecule has 0 spiro atoms. The van der Waals surface area contributed by atoms with E-state index in [0.29, 0.717) is 23.4 Å². The first-order valence-electron chi connectivity index (χ1n) is 15.0. The summed E-state index contributed by atoms with van der Waals surface area (Å²) < 4.78 is 11.3. The molecule has 6 nitrogen and oxygen atoms in total. The number of hydrogen-bond acceptors (Lipinski definition) is 6. The summed E-state index contributed by atoms with van der Waals surface area (Å²) in [6, 6.07) is 26.4. The van der Waals surface area contributed by atoms with E-state index in [1.54, 1.807) is 13.2 Å². The van der Waals surface area contributed by atoms with E-state index in [1.165, 1.54) is 62.5 Å². The van der Waals surface area contributed by atoms with E-state index in [1.807, 2.05) is 29.2 Å². The number of rotatable bonds is 16. The van der Waals surface area contributed by atoms with Crippen LogP contribution in [0.25, 0.3) is 0 Å². The fraction of sp³-hybridized carbons (Fsp3) is 0.371. The lowest BCUT2D eigenvalue weighted by molar-refractivity contribution is 0.412. The average molecular weight is 553 g/mol. The first kappa shape index (κ1) is 29.9. The maximum absolute atomic E-state index is 6.28. The summed E-state index contributed by atoms with van der Waals surface area (Å²) in [6.45, 7) is 4.49. The Morgan fingerprint density at radius 1 is 0.634 bits per heavy atom. The third kappa shape index (κ3) is 8.97. The van der Waals surface area contributed by atoms with Gasteiger partial charge in [-0.3, -0.25) is 4.90 Å². The standard InChI is InChI=1S/C35H44N4O2/c1-4-6-8-10-12-27-14-18-29(19-15-27)39(30-20-16-28(17-21-30)13-11-9-7-5-2)35-37-33(36)26-34(38-35)41-32-24-22-31(40-3)23-25-32/h14-26H,4-13H2,1-3H3,(H2,36,37,38). The summed E-state index contributed by atoms with van der Waals surface area (Å²) in [6.07, 6.45) is 12.2. The zero-order valence-corrected chi connectivity index (χ0v) is 24.8. The minimum Gasteiger partial charge on any atom is -0.497 e. The van der Waals surface area contributed by atoms with Gasteiger partial charge in [0.25, 0.3) is 0 Å². The van der Waals surface area contributed by atoms with Gasteiger partial charge in [0.1, 0.15) is 17.3 Å². The molecule has 0 aliphatic heterocycles. The number of benzene rings is 3. The second-order valence-corrected chi connectivity index (χ2v) is 10.5. The Labute approximate surface area is 245 Å². The number of anilines is 4. The molecule has 1 heterocycles. The Hall–Kier alpha value is -4.06. The molecule has 6 heteroatoms. The molecule has 0 amide bonds. The Morgan fingerprint density at radius 2 is 1.15 bits per heavy atom. The normalized spacial score (nSPS) is 10.9. The summed E-state index contributed by atoms with van der Waals surface area (Å²) in [4.78, 5) is 11.5. The molecule has 0 bridgehead atoms. The van der Waals surface area contributed by atoms with Gasteiger partial charge in [-0.05, 0) is 85.3 Å². The van der Waals surface area contributed by atoms with Gasteiger partial charge in [-0.25, -0.2) is 0 Å². The molecule has 3 aromatic carbocycles. The zero-order chi connectivity index (χ0) is 28.9. The van der Waals surface area contributed by atoms with Crippen LogP contribution in [0.2, 0.25) is 0 Å². The highest BCUT2D eigenvalue weighted by Crippen LogP contribution is 2.35. The highest BCUT2D eigenvalue weighted by Gasteiger charge is 2.18. The van der Waals surface area contributed by atoms with Crippen LogP contribution in [-0.4, -0.2) is 17.1 Å². The van der Waals surface area contributed by atoms with E-state index >= 15 is 0 Å². The first-order chi connectivity index (χ1) is 20.1. The molecular formula is C35H44N4O2. The number of nitrogens with two attached hydrogens (primary N) is 1. The van der Waals surface area contributed by atoms with E-state index in [-0.39, 0.29) is 0 Å². The van der Waals surface area contributed by atoms with Crippen LogP contribution < -0.4 is 20.1 Å². The number of aryl methyl sites for hydroxylation is 2. The molecule has 41 heavy (non-hydrogen) atoms. The van der Waals surface area contributed by atoms with Gasteiger partial charge in [-0.2, -0.15) is 9.97 Å². The number of aromatic nitrogens is 2. The molecule has 0 aliphatic rings. The molecule has 4 rings (SSSR count). The largest absolute Gasteiger partial charge is 0.497 e. The highest BCUT2D eigenvalue weighted by molar-refractivity contribution is 5.73. The van der Waals surface area contributed by atoms with Crippen molar-refractivity contribution in [1.82, 2.24) is 9.97 Å². The highest BCUT2D eigenvalue weighted by atomic mass is 16.5. The van der Waals surface area contributed by atoms with E-state index in [9.17, 15) is 0 Å². The van der Waals surface area contributed by atoms with Crippen LogP contribution in [0.15, 0.2) is 78.9 Å². The van der Waals surface area contributed by atoms with E-state index in [4.69, 9.17) is 20.2 Å². The van der Waals surface area contributed by atoms with Gasteiger partial charge in [0.05, 0.1) is 7.11 Å². The second-order valence-electron chi connectivity index (χ2n) is 10.5. The smallest absolute Gasteiger partial charge is 0.239 e. The number of nitrogens with zero attached hydrogens (tertiary/aromatic N) is 3. The SMILES string of the molecule is CCCCCCc1ccc(N(c2ccc(CCCCCC)cc2)c2nc(N)cc(Oc3ccc(OC)cc3)n2)cc1. The van der Waals surface area contributed by atoms with Gasteiger partial charge in [-0.1, -0.05) is 76.6 Å². The van der Waals surface area contributed by atoms with Crippen molar-refractivity contribution in [2.75, 3.05) is 17.7 Å². The third-order valence-electron chi connectivity index (χ3n) is 7.22. The number of hydrogen-bond donors (Lipinski definition) is 1. The maximum atomic E-state index is 6.28. The van der Waals surface area contributed by atoms with Crippen LogP contribution in [0.1, 0.15) is 76.3 Å². The number of methoxy groups -OCH3 is 1. The molecule has 0 unspecified atom stereocenters. The topological polar surface area (TPSA) is 73.5 Å². The molecule has 0 saturated heterocycles. The van der Waals surface area contributed by atoms with Crippen LogP contribution >= 0.6 is 0 Å². The van der Waals surface area contributed by atoms with Gasteiger partial charge in [0.2, 0.25) is 11.8 Å². The summed E-state index contributed by atoms with van der Waals surface area (Å²) in [5.74, 6) is 2.57. The molecule has 0 saturated carbocycles. The second kappa shape index (κ2) is 15.7. The Morgan fingerprint density at radius 3 is 1.63 bits per heavy atom. The van der Waals surface area contributed by atoms with Crippen molar-refractivity contribution in [3.05, 3.63) is 90.0 Å². The molecular weight excluding hydrogens is 508 g/mol. The van der Waals surface area contributed by atoms with Crippen LogP contribution in [0.3, 0.4) is 0 Å². The Balaban J connectivity index is 1.62. The minimum absolute atomic E-state index is 0.337. The molecule has 4 aromatic rings. The summed E-state index contributed by atoms with van der Waals surface area (Å²) in [5, 5.41) is 0. The van der Waals surface area contributed by atoms with Gasteiger partial charge < -0.3 is 15.2 Å². The van der Waals surface area contributed by atoms with Crippen LogP contribution in [0.5, 0.6) is 17.4 Å². The van der Waals surface area contributed by atoms with Gasteiger partial charge >= 0.3 is 0 Å².